The third-order valence-electron chi connectivity index (χ3n) is 3.18. The fourth-order valence-corrected chi connectivity index (χ4v) is 2.03. The van der Waals surface area contributed by atoms with E-state index < -0.39 is 0 Å². The summed E-state index contributed by atoms with van der Waals surface area (Å²) in [7, 11) is 1.31. The van der Waals surface area contributed by atoms with Crippen LogP contribution in [0.1, 0.15) is 37.0 Å². The average Bonchev–Trinajstić information content (AvgIpc) is 2.42. The number of benzene rings is 1. The van der Waals surface area contributed by atoms with E-state index in [-0.39, 0.29) is 30.2 Å². The number of hydrogen-bond donors (Lipinski definition) is 1. The summed E-state index contributed by atoms with van der Waals surface area (Å²) in [6, 6.07) is 5.28. The van der Waals surface area contributed by atoms with Crippen LogP contribution in [0.4, 0.5) is 5.69 Å². The van der Waals surface area contributed by atoms with Crippen LogP contribution < -0.4 is 10.1 Å². The molecule has 0 saturated heterocycles. The number of fused-ring (bicyclic) bond motifs is 1. The molecule has 0 bridgehead atoms. The van der Waals surface area contributed by atoms with E-state index in [1.54, 1.807) is 18.2 Å². The summed E-state index contributed by atoms with van der Waals surface area (Å²) in [6.07, 6.45) is 0.251. The lowest BCUT2D eigenvalue weighted by Crippen LogP contribution is -2.40. The minimum atomic E-state index is -0.375. The standard InChI is InChI=1S/C15H19NO4/c1-15(2)9-16-11-8-10(4-6-13(11)20-15)12(17)5-7-14(18)19-3/h4,6,8,16H,5,7,9H2,1-3H3. The van der Waals surface area contributed by atoms with Crippen molar-refractivity contribution in [1.82, 2.24) is 0 Å². The van der Waals surface area contributed by atoms with E-state index in [9.17, 15) is 9.59 Å². The van der Waals surface area contributed by atoms with Crippen molar-refractivity contribution in [3.8, 4) is 5.75 Å². The molecule has 1 aromatic carbocycles. The second kappa shape index (κ2) is 5.53. The zero-order valence-electron chi connectivity index (χ0n) is 12.0. The summed E-state index contributed by atoms with van der Waals surface area (Å²) in [5, 5.41) is 3.26. The quantitative estimate of drug-likeness (QED) is 0.676. The normalized spacial score (nSPS) is 15.6. The Bertz CT molecular complexity index is 537. The van der Waals surface area contributed by atoms with Gasteiger partial charge < -0.3 is 14.8 Å². The highest BCUT2D eigenvalue weighted by atomic mass is 16.5. The van der Waals surface area contributed by atoms with E-state index >= 15 is 0 Å². The number of carbonyl (C=O) groups excluding carboxylic acids is 2. The second-order valence-corrected chi connectivity index (χ2v) is 5.43. The van der Waals surface area contributed by atoms with Crippen LogP contribution in [0.5, 0.6) is 5.75 Å². The number of nitrogens with one attached hydrogen (secondary N) is 1. The number of methoxy groups -OCH3 is 1. The first-order valence-electron chi connectivity index (χ1n) is 6.58. The Kier molecular flexibility index (Phi) is 3.97. The van der Waals surface area contributed by atoms with Gasteiger partial charge in [0.1, 0.15) is 11.4 Å². The van der Waals surface area contributed by atoms with Crippen LogP contribution in [0.3, 0.4) is 0 Å². The Morgan fingerprint density at radius 2 is 2.10 bits per heavy atom. The molecule has 108 valence electrons. The molecule has 0 unspecified atom stereocenters. The van der Waals surface area contributed by atoms with Crippen LogP contribution in [0.25, 0.3) is 0 Å². The highest BCUT2D eigenvalue weighted by Gasteiger charge is 2.26. The van der Waals surface area contributed by atoms with Crippen molar-refractivity contribution < 1.29 is 19.1 Å². The van der Waals surface area contributed by atoms with E-state index in [1.807, 2.05) is 13.8 Å². The van der Waals surface area contributed by atoms with Crippen LogP contribution in [-0.4, -0.2) is 31.0 Å². The molecule has 0 fully saturated rings. The van der Waals surface area contributed by atoms with Crippen molar-refractivity contribution in [1.29, 1.82) is 0 Å². The number of ketones is 1. The molecule has 0 atom stereocenters. The largest absolute Gasteiger partial charge is 0.484 e. The van der Waals surface area contributed by atoms with E-state index in [1.165, 1.54) is 7.11 Å². The molecule has 1 aromatic rings. The van der Waals surface area contributed by atoms with Gasteiger partial charge in [-0.15, -0.1) is 0 Å². The number of rotatable bonds is 4. The topological polar surface area (TPSA) is 64.6 Å². The molecule has 5 nitrogen and oxygen atoms in total. The zero-order valence-corrected chi connectivity index (χ0v) is 12.0. The third-order valence-corrected chi connectivity index (χ3v) is 3.18. The molecule has 1 N–H and O–H groups in total. The van der Waals surface area contributed by atoms with Crippen molar-refractivity contribution in [2.45, 2.75) is 32.3 Å². The fourth-order valence-electron chi connectivity index (χ4n) is 2.03. The highest BCUT2D eigenvalue weighted by molar-refractivity contribution is 5.98. The van der Waals surface area contributed by atoms with E-state index in [4.69, 9.17) is 4.74 Å². The van der Waals surface area contributed by atoms with Gasteiger partial charge in [0.2, 0.25) is 0 Å². The molecule has 2 rings (SSSR count). The van der Waals surface area contributed by atoms with Gasteiger partial charge in [0.15, 0.2) is 5.78 Å². The molecule has 1 heterocycles. The van der Waals surface area contributed by atoms with Crippen LogP contribution in [0, 0.1) is 0 Å². The molecule has 0 amide bonds. The first kappa shape index (κ1) is 14.4. The van der Waals surface area contributed by atoms with Crippen molar-refractivity contribution in [3.63, 3.8) is 0 Å². The molecule has 20 heavy (non-hydrogen) atoms. The molecule has 1 aliphatic rings. The lowest BCUT2D eigenvalue weighted by atomic mass is 10.0. The van der Waals surface area contributed by atoms with Gasteiger partial charge in [-0.2, -0.15) is 0 Å². The summed E-state index contributed by atoms with van der Waals surface area (Å²) < 4.78 is 10.3. The van der Waals surface area contributed by atoms with Gasteiger partial charge in [0.25, 0.3) is 0 Å². The lowest BCUT2D eigenvalue weighted by Gasteiger charge is -2.33. The monoisotopic (exact) mass is 277 g/mol. The van der Waals surface area contributed by atoms with Gasteiger partial charge in [0.05, 0.1) is 25.8 Å². The molecular weight excluding hydrogens is 258 g/mol. The van der Waals surface area contributed by atoms with Crippen LogP contribution >= 0.6 is 0 Å². The summed E-state index contributed by atoms with van der Waals surface area (Å²) in [5.41, 5.74) is 1.13. The Labute approximate surface area is 118 Å². The van der Waals surface area contributed by atoms with Crippen molar-refractivity contribution in [3.05, 3.63) is 23.8 Å². The molecule has 0 aliphatic carbocycles. The van der Waals surface area contributed by atoms with Crippen LogP contribution in [0.15, 0.2) is 18.2 Å². The van der Waals surface area contributed by atoms with Gasteiger partial charge in [-0.1, -0.05) is 0 Å². The maximum Gasteiger partial charge on any atom is 0.305 e. The number of Topliss-reactive ketones (excluding diaryl/α,β-unsaturated/α-hetero) is 1. The Balaban J connectivity index is 2.08. The summed E-state index contributed by atoms with van der Waals surface area (Å²) >= 11 is 0. The van der Waals surface area contributed by atoms with Crippen molar-refractivity contribution in [2.24, 2.45) is 0 Å². The Hall–Kier alpha value is -2.04. The lowest BCUT2D eigenvalue weighted by molar-refractivity contribution is -0.140. The fraction of sp³-hybridized carbons (Fsp3) is 0.467. The molecule has 0 radical (unpaired) electrons. The van der Waals surface area contributed by atoms with Gasteiger partial charge >= 0.3 is 5.97 Å². The van der Waals surface area contributed by atoms with E-state index in [0.29, 0.717) is 12.1 Å². The minimum absolute atomic E-state index is 0.0789. The summed E-state index contributed by atoms with van der Waals surface area (Å²) in [5.74, 6) is 0.287. The number of anilines is 1. The van der Waals surface area contributed by atoms with Crippen LogP contribution in [0.2, 0.25) is 0 Å². The number of esters is 1. The summed E-state index contributed by atoms with van der Waals surface area (Å²) in [4.78, 5) is 23.0. The van der Waals surface area contributed by atoms with Crippen molar-refractivity contribution >= 4 is 17.4 Å². The molecule has 1 aliphatic heterocycles. The highest BCUT2D eigenvalue weighted by Crippen LogP contribution is 2.33. The smallest absolute Gasteiger partial charge is 0.305 e. The summed E-state index contributed by atoms with van der Waals surface area (Å²) in [6.45, 7) is 4.68. The van der Waals surface area contributed by atoms with Gasteiger partial charge in [-0.25, -0.2) is 0 Å². The molecule has 0 aromatic heterocycles. The Morgan fingerprint density at radius 3 is 2.80 bits per heavy atom. The molecule has 0 spiro atoms. The van der Waals surface area contributed by atoms with Gasteiger partial charge in [-0.3, -0.25) is 9.59 Å². The van der Waals surface area contributed by atoms with Crippen LogP contribution in [-0.2, 0) is 9.53 Å². The zero-order chi connectivity index (χ0) is 14.8. The number of carbonyl (C=O) groups is 2. The number of ether oxygens (including phenoxy) is 2. The van der Waals surface area contributed by atoms with Gasteiger partial charge in [0, 0.05) is 12.0 Å². The first-order chi connectivity index (χ1) is 9.41. The minimum Gasteiger partial charge on any atom is -0.484 e. The maximum atomic E-state index is 12.0. The average molecular weight is 277 g/mol. The first-order valence-corrected chi connectivity index (χ1v) is 6.58. The van der Waals surface area contributed by atoms with Crippen molar-refractivity contribution in [2.75, 3.05) is 19.0 Å². The Morgan fingerprint density at radius 1 is 1.35 bits per heavy atom. The van der Waals surface area contributed by atoms with E-state index in [2.05, 4.69) is 10.1 Å². The molecule has 0 saturated carbocycles. The third kappa shape index (κ3) is 3.29. The molecular formula is C15H19NO4. The number of hydrogen-bond acceptors (Lipinski definition) is 5. The molecule has 5 heteroatoms. The van der Waals surface area contributed by atoms with Gasteiger partial charge in [-0.05, 0) is 32.0 Å². The second-order valence-electron chi connectivity index (χ2n) is 5.43. The maximum absolute atomic E-state index is 12.0. The predicted molar refractivity (Wildman–Crippen MR) is 75.2 cm³/mol. The van der Waals surface area contributed by atoms with E-state index in [0.717, 1.165) is 11.4 Å². The SMILES string of the molecule is COC(=O)CCC(=O)c1ccc2c(c1)NCC(C)(C)O2. The predicted octanol–water partition coefficient (Wildman–Crippen LogP) is 2.41.